The summed E-state index contributed by atoms with van der Waals surface area (Å²) in [5, 5.41) is 9.20. The lowest BCUT2D eigenvalue weighted by atomic mass is 10.00. The Hall–Kier alpha value is -0.120. The highest BCUT2D eigenvalue weighted by Gasteiger charge is 2.21. The van der Waals surface area contributed by atoms with Crippen molar-refractivity contribution in [2.75, 3.05) is 20.3 Å². The van der Waals surface area contributed by atoms with E-state index in [4.69, 9.17) is 9.47 Å². The molecule has 0 aliphatic carbocycles. The molecule has 1 heterocycles. The van der Waals surface area contributed by atoms with E-state index in [1.54, 1.807) is 0 Å². The summed E-state index contributed by atoms with van der Waals surface area (Å²) in [7, 11) is 1.53. The highest BCUT2D eigenvalue weighted by atomic mass is 16.6. The predicted octanol–water partition coefficient (Wildman–Crippen LogP) is 0.378. The first-order chi connectivity index (χ1) is 4.84. The van der Waals surface area contributed by atoms with Crippen LogP contribution < -0.4 is 0 Å². The summed E-state index contributed by atoms with van der Waals surface area (Å²) in [4.78, 5) is 0. The molecule has 1 fully saturated rings. The lowest BCUT2D eigenvalue weighted by Gasteiger charge is -2.25. The molecule has 0 amide bonds. The minimum atomic E-state index is -0.594. The van der Waals surface area contributed by atoms with Crippen molar-refractivity contribution in [3.8, 4) is 0 Å². The maximum atomic E-state index is 9.20. The molecule has 0 aromatic rings. The van der Waals surface area contributed by atoms with E-state index < -0.39 is 6.29 Å². The molecule has 0 radical (unpaired) electrons. The predicted molar refractivity (Wildman–Crippen MR) is 36.6 cm³/mol. The number of ether oxygens (including phenoxy) is 2. The Labute approximate surface area is 60.9 Å². The second-order valence-corrected chi connectivity index (χ2v) is 2.58. The molecule has 1 N–H and O–H groups in total. The van der Waals surface area contributed by atoms with Gasteiger partial charge in [-0.05, 0) is 12.8 Å². The molecule has 0 aromatic carbocycles. The van der Waals surface area contributed by atoms with Crippen molar-refractivity contribution in [2.24, 2.45) is 5.92 Å². The van der Waals surface area contributed by atoms with Crippen molar-refractivity contribution in [1.29, 1.82) is 0 Å². The molecule has 1 aliphatic heterocycles. The van der Waals surface area contributed by atoms with Gasteiger partial charge in [-0.15, -0.1) is 0 Å². The van der Waals surface area contributed by atoms with Gasteiger partial charge in [0, 0.05) is 26.2 Å². The molecule has 3 nitrogen and oxygen atoms in total. The van der Waals surface area contributed by atoms with Gasteiger partial charge >= 0.3 is 0 Å². The van der Waals surface area contributed by atoms with Crippen LogP contribution in [0.25, 0.3) is 0 Å². The number of rotatable bonds is 2. The molecule has 1 saturated heterocycles. The van der Waals surface area contributed by atoms with E-state index >= 15 is 0 Å². The Bertz CT molecular complexity index is 88.9. The fourth-order valence-corrected chi connectivity index (χ4v) is 1.19. The number of hydrogen-bond acceptors (Lipinski definition) is 3. The Morgan fingerprint density at radius 1 is 1.50 bits per heavy atom. The third-order valence-corrected chi connectivity index (χ3v) is 1.91. The molecule has 3 heteroatoms. The molecule has 1 atom stereocenters. The zero-order valence-corrected chi connectivity index (χ0v) is 6.25. The van der Waals surface area contributed by atoms with Crippen LogP contribution in [0.3, 0.4) is 0 Å². The summed E-state index contributed by atoms with van der Waals surface area (Å²) in [5.74, 6) is 0.277. The minimum Gasteiger partial charge on any atom is -0.381 e. The first kappa shape index (κ1) is 7.98. The van der Waals surface area contributed by atoms with Gasteiger partial charge in [0.25, 0.3) is 0 Å². The maximum Gasteiger partial charge on any atom is 0.157 e. The van der Waals surface area contributed by atoms with E-state index in [0.29, 0.717) is 0 Å². The normalized spacial score (nSPS) is 24.6. The standard InChI is InChI=1S/C7H14O3/c1-9-7(8)6-2-4-10-5-3-6/h6-8H,2-5H2,1H3. The van der Waals surface area contributed by atoms with Gasteiger partial charge in [-0.2, -0.15) is 0 Å². The van der Waals surface area contributed by atoms with Gasteiger partial charge in [-0.25, -0.2) is 0 Å². The summed E-state index contributed by atoms with van der Waals surface area (Å²) >= 11 is 0. The van der Waals surface area contributed by atoms with E-state index in [0.717, 1.165) is 26.1 Å². The Morgan fingerprint density at radius 2 is 2.10 bits per heavy atom. The van der Waals surface area contributed by atoms with Crippen LogP contribution in [0.15, 0.2) is 0 Å². The van der Waals surface area contributed by atoms with Crippen LogP contribution in [0.2, 0.25) is 0 Å². The lowest BCUT2D eigenvalue weighted by molar-refractivity contribution is -0.133. The van der Waals surface area contributed by atoms with Crippen LogP contribution in [0, 0.1) is 5.92 Å². The van der Waals surface area contributed by atoms with E-state index in [1.165, 1.54) is 7.11 Å². The van der Waals surface area contributed by atoms with Crippen LogP contribution in [0.5, 0.6) is 0 Å². The van der Waals surface area contributed by atoms with E-state index in [2.05, 4.69) is 0 Å². The monoisotopic (exact) mass is 146 g/mol. The summed E-state index contributed by atoms with van der Waals surface area (Å²) in [6.07, 6.45) is 1.23. The van der Waals surface area contributed by atoms with Crippen LogP contribution in [-0.2, 0) is 9.47 Å². The molecular weight excluding hydrogens is 132 g/mol. The largest absolute Gasteiger partial charge is 0.381 e. The molecule has 0 aromatic heterocycles. The third kappa shape index (κ3) is 1.94. The van der Waals surface area contributed by atoms with E-state index in [-0.39, 0.29) is 5.92 Å². The Kier molecular flexibility index (Phi) is 3.12. The molecule has 0 saturated carbocycles. The number of aliphatic hydroxyl groups is 1. The average molecular weight is 146 g/mol. The van der Waals surface area contributed by atoms with Crippen molar-refractivity contribution in [3.63, 3.8) is 0 Å². The topological polar surface area (TPSA) is 38.7 Å². The molecule has 10 heavy (non-hydrogen) atoms. The van der Waals surface area contributed by atoms with Crippen molar-refractivity contribution >= 4 is 0 Å². The Morgan fingerprint density at radius 3 is 2.60 bits per heavy atom. The SMILES string of the molecule is COC(O)C1CCOCC1. The number of methoxy groups -OCH3 is 1. The van der Waals surface area contributed by atoms with Crippen molar-refractivity contribution in [3.05, 3.63) is 0 Å². The zero-order chi connectivity index (χ0) is 7.40. The summed E-state index contributed by atoms with van der Waals surface area (Å²) < 4.78 is 9.92. The molecule has 1 aliphatic rings. The van der Waals surface area contributed by atoms with Crippen molar-refractivity contribution < 1.29 is 14.6 Å². The van der Waals surface area contributed by atoms with Gasteiger partial charge in [-0.3, -0.25) is 0 Å². The summed E-state index contributed by atoms with van der Waals surface area (Å²) in [6.45, 7) is 1.51. The smallest absolute Gasteiger partial charge is 0.157 e. The number of hydrogen-bond donors (Lipinski definition) is 1. The van der Waals surface area contributed by atoms with Gasteiger partial charge in [0.05, 0.1) is 0 Å². The maximum absolute atomic E-state index is 9.20. The second-order valence-electron chi connectivity index (χ2n) is 2.58. The van der Waals surface area contributed by atoms with Crippen LogP contribution in [0.4, 0.5) is 0 Å². The number of aliphatic hydroxyl groups excluding tert-OH is 1. The Balaban J connectivity index is 2.24. The molecule has 60 valence electrons. The van der Waals surface area contributed by atoms with E-state index in [1.807, 2.05) is 0 Å². The first-order valence-electron chi connectivity index (χ1n) is 3.63. The molecule has 0 bridgehead atoms. The van der Waals surface area contributed by atoms with Gasteiger partial charge in [-0.1, -0.05) is 0 Å². The average Bonchev–Trinajstić information content (AvgIpc) is 2.05. The lowest BCUT2D eigenvalue weighted by Crippen LogP contribution is -2.28. The highest BCUT2D eigenvalue weighted by Crippen LogP contribution is 2.18. The fourth-order valence-electron chi connectivity index (χ4n) is 1.19. The van der Waals surface area contributed by atoms with Gasteiger partial charge in [0.15, 0.2) is 6.29 Å². The highest BCUT2D eigenvalue weighted by molar-refractivity contribution is 4.64. The first-order valence-corrected chi connectivity index (χ1v) is 3.63. The summed E-state index contributed by atoms with van der Waals surface area (Å²) in [5.41, 5.74) is 0. The molecule has 1 unspecified atom stereocenters. The van der Waals surface area contributed by atoms with Crippen LogP contribution in [0.1, 0.15) is 12.8 Å². The minimum absolute atomic E-state index is 0.277. The van der Waals surface area contributed by atoms with Crippen molar-refractivity contribution in [2.45, 2.75) is 19.1 Å². The second kappa shape index (κ2) is 3.91. The van der Waals surface area contributed by atoms with Gasteiger partial charge in [0.2, 0.25) is 0 Å². The third-order valence-electron chi connectivity index (χ3n) is 1.91. The fraction of sp³-hybridized carbons (Fsp3) is 1.00. The van der Waals surface area contributed by atoms with Gasteiger partial charge in [0.1, 0.15) is 0 Å². The van der Waals surface area contributed by atoms with Crippen LogP contribution in [-0.4, -0.2) is 31.7 Å². The molecular formula is C7H14O3. The van der Waals surface area contributed by atoms with Gasteiger partial charge < -0.3 is 14.6 Å². The summed E-state index contributed by atoms with van der Waals surface area (Å²) in [6, 6.07) is 0. The van der Waals surface area contributed by atoms with E-state index in [9.17, 15) is 5.11 Å². The van der Waals surface area contributed by atoms with Crippen molar-refractivity contribution in [1.82, 2.24) is 0 Å². The molecule has 0 spiro atoms. The van der Waals surface area contributed by atoms with Crippen LogP contribution >= 0.6 is 0 Å². The zero-order valence-electron chi connectivity index (χ0n) is 6.25. The quantitative estimate of drug-likeness (QED) is 0.572. The molecule has 1 rings (SSSR count).